The monoisotopic (exact) mass is 269 g/mol. The minimum absolute atomic E-state index is 0.263. The lowest BCUT2D eigenvalue weighted by Gasteiger charge is -2.31. The molecule has 1 heterocycles. The molecule has 0 aliphatic carbocycles. The molecule has 1 aromatic carbocycles. The van der Waals surface area contributed by atoms with Crippen molar-refractivity contribution < 1.29 is 14.3 Å². The van der Waals surface area contributed by atoms with Crippen LogP contribution in [0.3, 0.4) is 0 Å². The number of carbonyl (C=O) groups excluding carboxylic acids is 1. The van der Waals surface area contributed by atoms with Crippen LogP contribution in [0.25, 0.3) is 0 Å². The number of methoxy groups -OCH3 is 1. The van der Waals surface area contributed by atoms with Gasteiger partial charge >= 0.3 is 5.97 Å². The predicted molar refractivity (Wildman–Crippen MR) is 69.9 cm³/mol. The molecule has 98 valence electrons. The summed E-state index contributed by atoms with van der Waals surface area (Å²) in [4.78, 5) is 12.1. The zero-order valence-electron chi connectivity index (χ0n) is 10.4. The maximum absolute atomic E-state index is 12.1. The highest BCUT2D eigenvalue weighted by molar-refractivity contribution is 6.33. The van der Waals surface area contributed by atoms with Gasteiger partial charge < -0.3 is 14.8 Å². The molecular formula is C13H16ClNO3. The van der Waals surface area contributed by atoms with E-state index in [1.54, 1.807) is 6.07 Å². The summed E-state index contributed by atoms with van der Waals surface area (Å²) in [7, 11) is 1.38. The first kappa shape index (κ1) is 13.2. The van der Waals surface area contributed by atoms with Gasteiger partial charge in [-0.05, 0) is 19.1 Å². The van der Waals surface area contributed by atoms with Crippen LogP contribution in [0.1, 0.15) is 13.3 Å². The minimum atomic E-state index is -0.861. The number of carbonyl (C=O) groups is 1. The van der Waals surface area contributed by atoms with Crippen LogP contribution in [0.2, 0.25) is 5.02 Å². The van der Waals surface area contributed by atoms with Gasteiger partial charge in [0.15, 0.2) is 5.54 Å². The van der Waals surface area contributed by atoms with E-state index in [0.29, 0.717) is 23.7 Å². The zero-order chi connectivity index (χ0) is 13.2. The van der Waals surface area contributed by atoms with Gasteiger partial charge in [-0.3, -0.25) is 0 Å². The number of benzene rings is 1. The fraction of sp³-hybridized carbons (Fsp3) is 0.462. The Labute approximate surface area is 111 Å². The lowest BCUT2D eigenvalue weighted by Crippen LogP contribution is -2.52. The standard InChI is InChI=1S/C13H16ClNO3/c1-9-13(7-8-18-9,12(16)17-2)15-11-6-4-3-5-10(11)14/h3-6,9,15H,7-8H2,1-2H3. The SMILES string of the molecule is COC(=O)C1(Nc2ccccc2Cl)CCOC1C. The van der Waals surface area contributed by atoms with Gasteiger partial charge in [0.25, 0.3) is 0 Å². The molecule has 0 saturated carbocycles. The van der Waals surface area contributed by atoms with Gasteiger partial charge in [-0.15, -0.1) is 0 Å². The predicted octanol–water partition coefficient (Wildman–Crippen LogP) is 2.47. The Morgan fingerprint density at radius 3 is 2.83 bits per heavy atom. The van der Waals surface area contributed by atoms with Crippen molar-refractivity contribution in [1.82, 2.24) is 0 Å². The summed E-state index contributed by atoms with van der Waals surface area (Å²) in [5, 5.41) is 3.76. The van der Waals surface area contributed by atoms with Crippen molar-refractivity contribution >= 4 is 23.3 Å². The minimum Gasteiger partial charge on any atom is -0.467 e. The summed E-state index contributed by atoms with van der Waals surface area (Å²) in [5.74, 6) is -0.326. The van der Waals surface area contributed by atoms with Crippen molar-refractivity contribution in [3.63, 3.8) is 0 Å². The quantitative estimate of drug-likeness (QED) is 0.857. The number of esters is 1. The molecule has 1 aromatic rings. The Bertz CT molecular complexity index is 452. The van der Waals surface area contributed by atoms with Gasteiger partial charge in [-0.25, -0.2) is 4.79 Å². The van der Waals surface area contributed by atoms with Crippen molar-refractivity contribution in [2.45, 2.75) is 25.0 Å². The van der Waals surface area contributed by atoms with E-state index in [1.165, 1.54) is 7.11 Å². The van der Waals surface area contributed by atoms with E-state index < -0.39 is 5.54 Å². The molecule has 2 rings (SSSR count). The molecular weight excluding hydrogens is 254 g/mol. The number of halogens is 1. The van der Waals surface area contributed by atoms with Crippen LogP contribution < -0.4 is 5.32 Å². The third kappa shape index (κ3) is 2.18. The Morgan fingerprint density at radius 1 is 1.56 bits per heavy atom. The molecule has 1 aliphatic heterocycles. The first-order valence-electron chi connectivity index (χ1n) is 5.83. The third-order valence-corrected chi connectivity index (χ3v) is 3.67. The van der Waals surface area contributed by atoms with Gasteiger partial charge in [-0.1, -0.05) is 23.7 Å². The Hall–Kier alpha value is -1.26. The molecule has 0 radical (unpaired) electrons. The summed E-state index contributed by atoms with van der Waals surface area (Å²) >= 11 is 6.10. The highest BCUT2D eigenvalue weighted by Gasteiger charge is 2.49. The molecule has 1 fully saturated rings. The van der Waals surface area contributed by atoms with Crippen LogP contribution in [0, 0.1) is 0 Å². The normalized spacial score (nSPS) is 26.9. The lowest BCUT2D eigenvalue weighted by atomic mass is 9.91. The summed E-state index contributed by atoms with van der Waals surface area (Å²) in [6.07, 6.45) is 0.299. The van der Waals surface area contributed by atoms with Crippen molar-refractivity contribution in [2.75, 3.05) is 19.0 Å². The number of hydrogen-bond donors (Lipinski definition) is 1. The van der Waals surface area contributed by atoms with Gasteiger partial charge in [0.1, 0.15) is 0 Å². The first-order valence-corrected chi connectivity index (χ1v) is 6.20. The van der Waals surface area contributed by atoms with Crippen LogP contribution in [-0.2, 0) is 14.3 Å². The zero-order valence-corrected chi connectivity index (χ0v) is 11.2. The van der Waals surface area contributed by atoms with E-state index >= 15 is 0 Å². The number of anilines is 1. The highest BCUT2D eigenvalue weighted by atomic mass is 35.5. The van der Waals surface area contributed by atoms with Crippen molar-refractivity contribution in [3.05, 3.63) is 29.3 Å². The molecule has 5 heteroatoms. The molecule has 0 aromatic heterocycles. The Morgan fingerprint density at radius 2 is 2.28 bits per heavy atom. The molecule has 4 nitrogen and oxygen atoms in total. The van der Waals surface area contributed by atoms with Gasteiger partial charge in [-0.2, -0.15) is 0 Å². The maximum atomic E-state index is 12.1. The van der Waals surface area contributed by atoms with Crippen LogP contribution >= 0.6 is 11.6 Å². The fourth-order valence-electron chi connectivity index (χ4n) is 2.21. The molecule has 1 aliphatic rings. The second kappa shape index (κ2) is 5.16. The average molecular weight is 270 g/mol. The molecule has 0 spiro atoms. The van der Waals surface area contributed by atoms with Gasteiger partial charge in [0, 0.05) is 13.0 Å². The van der Waals surface area contributed by atoms with E-state index in [1.807, 2.05) is 25.1 Å². The average Bonchev–Trinajstić information content (AvgIpc) is 2.74. The largest absolute Gasteiger partial charge is 0.467 e. The van der Waals surface area contributed by atoms with Crippen LogP contribution in [0.15, 0.2) is 24.3 Å². The molecule has 0 amide bonds. The number of nitrogens with one attached hydrogen (secondary N) is 1. The number of ether oxygens (including phenoxy) is 2. The van der Waals surface area contributed by atoms with Gasteiger partial charge in [0.05, 0.1) is 23.9 Å². The number of hydrogen-bond acceptors (Lipinski definition) is 4. The highest BCUT2D eigenvalue weighted by Crippen LogP contribution is 2.33. The van der Waals surface area contributed by atoms with Gasteiger partial charge in [0.2, 0.25) is 0 Å². The Kier molecular flexibility index (Phi) is 3.78. The topological polar surface area (TPSA) is 47.6 Å². The lowest BCUT2D eigenvalue weighted by molar-refractivity contribution is -0.147. The summed E-state index contributed by atoms with van der Waals surface area (Å²) in [6, 6.07) is 7.31. The summed E-state index contributed by atoms with van der Waals surface area (Å²) < 4.78 is 10.4. The van der Waals surface area contributed by atoms with E-state index in [9.17, 15) is 4.79 Å². The van der Waals surface area contributed by atoms with Crippen molar-refractivity contribution in [3.8, 4) is 0 Å². The molecule has 2 unspecified atom stereocenters. The third-order valence-electron chi connectivity index (χ3n) is 3.34. The van der Waals surface area contributed by atoms with Crippen LogP contribution in [0.5, 0.6) is 0 Å². The molecule has 1 N–H and O–H groups in total. The Balaban J connectivity index is 2.32. The number of para-hydroxylation sites is 1. The second-order valence-corrected chi connectivity index (χ2v) is 4.74. The molecule has 2 atom stereocenters. The maximum Gasteiger partial charge on any atom is 0.334 e. The molecule has 18 heavy (non-hydrogen) atoms. The fourth-order valence-corrected chi connectivity index (χ4v) is 2.39. The van der Waals surface area contributed by atoms with E-state index in [4.69, 9.17) is 21.1 Å². The first-order chi connectivity index (χ1) is 8.60. The van der Waals surface area contributed by atoms with E-state index in [0.717, 1.165) is 0 Å². The van der Waals surface area contributed by atoms with E-state index in [-0.39, 0.29) is 12.1 Å². The number of rotatable bonds is 3. The molecule has 0 bridgehead atoms. The summed E-state index contributed by atoms with van der Waals surface area (Å²) in [6.45, 7) is 2.38. The van der Waals surface area contributed by atoms with E-state index in [2.05, 4.69) is 5.32 Å². The second-order valence-electron chi connectivity index (χ2n) is 4.33. The van der Waals surface area contributed by atoms with Crippen LogP contribution in [-0.4, -0.2) is 31.3 Å². The van der Waals surface area contributed by atoms with Crippen molar-refractivity contribution in [1.29, 1.82) is 0 Å². The van der Waals surface area contributed by atoms with Crippen LogP contribution in [0.4, 0.5) is 5.69 Å². The van der Waals surface area contributed by atoms with Crippen molar-refractivity contribution in [2.24, 2.45) is 0 Å². The smallest absolute Gasteiger partial charge is 0.334 e. The molecule has 1 saturated heterocycles. The summed E-state index contributed by atoms with van der Waals surface area (Å²) in [5.41, 5.74) is -0.151.